The van der Waals surface area contributed by atoms with Gasteiger partial charge in [-0.3, -0.25) is 9.97 Å². The Hall–Kier alpha value is -4.26. The fourth-order valence-corrected chi connectivity index (χ4v) is 4.37. The smallest absolute Gasteiger partial charge is 0.165 e. The van der Waals surface area contributed by atoms with Gasteiger partial charge in [-0.2, -0.15) is 20.7 Å². The number of aromatic nitrogens is 5. The van der Waals surface area contributed by atoms with E-state index in [1.165, 1.54) is 18.3 Å². The Morgan fingerprint density at radius 3 is 2.69 bits per heavy atom. The molecule has 2 aromatic carbocycles. The van der Waals surface area contributed by atoms with Crippen LogP contribution in [-0.4, -0.2) is 25.4 Å². The van der Waals surface area contributed by atoms with Crippen LogP contribution in [0.15, 0.2) is 61.1 Å². The molecule has 178 valence electrons. The standard InChI is InChI=1S/C25H17Cl2FN8/c1-13-16(4-3-7-30-13)25(21-12-32-36-35-21)33-15-8-17-23(34-20-6-2-5-18(26)22(20)28)14(10-29)11-31-24(17)19(27)9-15/h2-9,11-12,25,33H,1H3,(H,31,34)(H,32,35,36). The number of halogens is 3. The number of H-pyrrole nitrogens is 1. The molecule has 36 heavy (non-hydrogen) atoms. The van der Waals surface area contributed by atoms with E-state index < -0.39 is 11.9 Å². The number of benzene rings is 2. The van der Waals surface area contributed by atoms with Gasteiger partial charge in [0.05, 0.1) is 44.7 Å². The second-order valence-corrected chi connectivity index (χ2v) is 8.70. The Kier molecular flexibility index (Phi) is 6.38. The van der Waals surface area contributed by atoms with E-state index in [1.54, 1.807) is 30.6 Å². The quantitative estimate of drug-likeness (QED) is 0.241. The van der Waals surface area contributed by atoms with Gasteiger partial charge in [-0.15, -0.1) is 0 Å². The number of hydrogen-bond acceptors (Lipinski definition) is 7. The van der Waals surface area contributed by atoms with Crippen molar-refractivity contribution in [2.24, 2.45) is 0 Å². The summed E-state index contributed by atoms with van der Waals surface area (Å²) in [6, 6.07) is 13.6. The molecule has 0 saturated heterocycles. The van der Waals surface area contributed by atoms with Gasteiger partial charge >= 0.3 is 0 Å². The van der Waals surface area contributed by atoms with Gasteiger partial charge in [0.2, 0.25) is 0 Å². The second-order valence-electron chi connectivity index (χ2n) is 7.89. The summed E-state index contributed by atoms with van der Waals surface area (Å²) in [5.41, 5.74) is 4.11. The Bertz CT molecular complexity index is 1620. The summed E-state index contributed by atoms with van der Waals surface area (Å²) in [5, 5.41) is 27.8. The van der Waals surface area contributed by atoms with E-state index in [2.05, 4.69) is 42.1 Å². The first kappa shape index (κ1) is 23.5. The van der Waals surface area contributed by atoms with Gasteiger partial charge in [-0.25, -0.2) is 4.39 Å². The van der Waals surface area contributed by atoms with Crippen molar-refractivity contribution in [1.82, 2.24) is 25.4 Å². The van der Waals surface area contributed by atoms with Crippen LogP contribution >= 0.6 is 23.2 Å². The summed E-state index contributed by atoms with van der Waals surface area (Å²) >= 11 is 12.6. The fourth-order valence-electron chi connectivity index (χ4n) is 3.93. The summed E-state index contributed by atoms with van der Waals surface area (Å²) in [4.78, 5) is 8.75. The monoisotopic (exact) mass is 518 g/mol. The Morgan fingerprint density at radius 1 is 1.08 bits per heavy atom. The molecule has 3 aromatic heterocycles. The number of pyridine rings is 2. The number of fused-ring (bicyclic) bond motifs is 1. The topological polar surface area (TPSA) is 115 Å². The van der Waals surface area contributed by atoms with E-state index in [-0.39, 0.29) is 16.3 Å². The summed E-state index contributed by atoms with van der Waals surface area (Å²) < 4.78 is 14.7. The van der Waals surface area contributed by atoms with Crippen LogP contribution in [0.2, 0.25) is 10.0 Å². The number of nitrogens with one attached hydrogen (secondary N) is 3. The third kappa shape index (κ3) is 4.40. The van der Waals surface area contributed by atoms with Crippen molar-refractivity contribution in [3.63, 3.8) is 0 Å². The molecule has 0 aliphatic heterocycles. The SMILES string of the molecule is Cc1ncccc1C(Nc1cc(Cl)c2ncc(C#N)c(Nc3cccc(Cl)c3F)c2c1)c1cn[nH]n1. The number of nitriles is 1. The first-order valence-corrected chi connectivity index (χ1v) is 11.5. The van der Waals surface area contributed by atoms with Crippen molar-refractivity contribution in [2.45, 2.75) is 13.0 Å². The van der Waals surface area contributed by atoms with Crippen LogP contribution in [0, 0.1) is 24.1 Å². The second kappa shape index (κ2) is 9.77. The number of hydrogen-bond donors (Lipinski definition) is 3. The predicted octanol–water partition coefficient (Wildman–Crippen LogP) is 6.32. The molecule has 3 heterocycles. The average molecular weight is 519 g/mol. The molecule has 1 unspecified atom stereocenters. The molecule has 0 spiro atoms. The highest BCUT2D eigenvalue weighted by Gasteiger charge is 2.21. The van der Waals surface area contributed by atoms with Crippen LogP contribution < -0.4 is 10.6 Å². The van der Waals surface area contributed by atoms with E-state index >= 15 is 0 Å². The molecule has 0 amide bonds. The van der Waals surface area contributed by atoms with Gasteiger partial charge in [-0.1, -0.05) is 35.3 Å². The van der Waals surface area contributed by atoms with Crippen molar-refractivity contribution >= 4 is 51.2 Å². The lowest BCUT2D eigenvalue weighted by molar-refractivity contribution is 0.632. The zero-order valence-corrected chi connectivity index (χ0v) is 20.2. The lowest BCUT2D eigenvalue weighted by atomic mass is 10.0. The zero-order valence-electron chi connectivity index (χ0n) is 18.7. The predicted molar refractivity (Wildman–Crippen MR) is 137 cm³/mol. The molecule has 3 N–H and O–H groups in total. The molecule has 0 fully saturated rings. The zero-order chi connectivity index (χ0) is 25.2. The van der Waals surface area contributed by atoms with E-state index in [0.29, 0.717) is 33.0 Å². The van der Waals surface area contributed by atoms with Gasteiger partial charge < -0.3 is 10.6 Å². The van der Waals surface area contributed by atoms with E-state index in [0.717, 1.165) is 11.3 Å². The van der Waals surface area contributed by atoms with Crippen LogP contribution in [0.25, 0.3) is 10.9 Å². The Morgan fingerprint density at radius 2 is 1.94 bits per heavy atom. The molecule has 0 radical (unpaired) electrons. The molecule has 8 nitrogen and oxygen atoms in total. The van der Waals surface area contributed by atoms with Crippen molar-refractivity contribution in [3.05, 3.63) is 99.4 Å². The van der Waals surface area contributed by atoms with Crippen molar-refractivity contribution in [1.29, 1.82) is 5.26 Å². The summed E-state index contributed by atoms with van der Waals surface area (Å²) in [6.45, 7) is 1.90. The van der Waals surface area contributed by atoms with Gasteiger partial charge in [0.25, 0.3) is 0 Å². The molecule has 0 aliphatic rings. The highest BCUT2D eigenvalue weighted by atomic mass is 35.5. The fraction of sp³-hybridized carbons (Fsp3) is 0.0800. The number of anilines is 3. The van der Waals surface area contributed by atoms with Gasteiger partial charge in [-0.05, 0) is 37.3 Å². The average Bonchev–Trinajstić information content (AvgIpc) is 3.41. The molecule has 5 rings (SSSR count). The maximum Gasteiger partial charge on any atom is 0.165 e. The van der Waals surface area contributed by atoms with Crippen molar-refractivity contribution in [3.8, 4) is 6.07 Å². The largest absolute Gasteiger partial charge is 0.373 e. The molecule has 0 saturated carbocycles. The van der Waals surface area contributed by atoms with Crippen LogP contribution in [0.1, 0.15) is 28.6 Å². The number of nitrogens with zero attached hydrogens (tertiary/aromatic N) is 5. The first-order valence-electron chi connectivity index (χ1n) is 10.7. The molecule has 0 bridgehead atoms. The van der Waals surface area contributed by atoms with E-state index in [1.807, 2.05) is 19.1 Å². The maximum atomic E-state index is 14.7. The molecular weight excluding hydrogens is 502 g/mol. The Balaban J connectivity index is 1.64. The minimum atomic E-state index is -0.633. The van der Waals surface area contributed by atoms with Crippen molar-refractivity contribution in [2.75, 3.05) is 10.6 Å². The molecular formula is C25H17Cl2FN8. The molecule has 1 atom stereocenters. The lowest BCUT2D eigenvalue weighted by Crippen LogP contribution is -2.15. The summed E-state index contributed by atoms with van der Waals surface area (Å²) in [6.07, 6.45) is 4.73. The third-order valence-corrected chi connectivity index (χ3v) is 6.24. The highest BCUT2D eigenvalue weighted by molar-refractivity contribution is 6.36. The normalized spacial score (nSPS) is 11.8. The third-order valence-electron chi connectivity index (χ3n) is 5.66. The number of aromatic amines is 1. The van der Waals surface area contributed by atoms with Crippen LogP contribution in [0.4, 0.5) is 21.5 Å². The molecule has 0 aliphatic carbocycles. The lowest BCUT2D eigenvalue weighted by Gasteiger charge is -2.21. The van der Waals surface area contributed by atoms with Crippen LogP contribution in [-0.2, 0) is 0 Å². The Labute approximate surface area is 215 Å². The molecule has 11 heteroatoms. The van der Waals surface area contributed by atoms with E-state index in [9.17, 15) is 9.65 Å². The van der Waals surface area contributed by atoms with Gasteiger partial charge in [0.1, 0.15) is 11.8 Å². The maximum absolute atomic E-state index is 14.7. The van der Waals surface area contributed by atoms with Gasteiger partial charge in [0.15, 0.2) is 5.82 Å². The summed E-state index contributed by atoms with van der Waals surface area (Å²) in [7, 11) is 0. The van der Waals surface area contributed by atoms with Crippen LogP contribution in [0.3, 0.4) is 0 Å². The number of rotatable bonds is 6. The first-order chi connectivity index (χ1) is 17.5. The van der Waals surface area contributed by atoms with Gasteiger partial charge in [0, 0.05) is 34.7 Å². The minimum absolute atomic E-state index is 0.0421. The molecule has 5 aromatic rings. The highest BCUT2D eigenvalue weighted by Crippen LogP contribution is 2.37. The van der Waals surface area contributed by atoms with Crippen molar-refractivity contribution < 1.29 is 4.39 Å². The van der Waals surface area contributed by atoms with E-state index in [4.69, 9.17) is 23.2 Å². The number of aryl methyl sites for hydroxylation is 1. The minimum Gasteiger partial charge on any atom is -0.373 e. The van der Waals surface area contributed by atoms with Crippen LogP contribution in [0.5, 0.6) is 0 Å². The summed E-state index contributed by atoms with van der Waals surface area (Å²) in [5.74, 6) is -0.633.